The fourth-order valence-electron chi connectivity index (χ4n) is 2.10. The first-order valence-electron chi connectivity index (χ1n) is 6.10. The van der Waals surface area contributed by atoms with Crippen LogP contribution in [-0.2, 0) is 6.42 Å². The van der Waals surface area contributed by atoms with Crippen molar-refractivity contribution in [3.8, 4) is 0 Å². The van der Waals surface area contributed by atoms with Crippen molar-refractivity contribution in [1.82, 2.24) is 0 Å². The summed E-state index contributed by atoms with van der Waals surface area (Å²) in [5, 5.41) is 1.16. The van der Waals surface area contributed by atoms with Gasteiger partial charge in [-0.2, -0.15) is 0 Å². The Bertz CT molecular complexity index is 646. The molecule has 2 aromatic carbocycles. The summed E-state index contributed by atoms with van der Waals surface area (Å²) in [5.41, 5.74) is 3.80. The van der Waals surface area contributed by atoms with Gasteiger partial charge in [0, 0.05) is 5.39 Å². The summed E-state index contributed by atoms with van der Waals surface area (Å²) in [7, 11) is 0. The van der Waals surface area contributed by atoms with Crippen molar-refractivity contribution in [3.05, 3.63) is 78.1 Å². The van der Waals surface area contributed by atoms with Crippen LogP contribution in [0.15, 0.2) is 71.4 Å². The molecule has 0 spiro atoms. The van der Waals surface area contributed by atoms with Crippen LogP contribution in [-0.4, -0.2) is 0 Å². The van der Waals surface area contributed by atoms with Gasteiger partial charge in [0.2, 0.25) is 0 Å². The first-order valence-corrected chi connectivity index (χ1v) is 6.10. The molecule has 0 bridgehead atoms. The molecule has 3 aromatic rings. The van der Waals surface area contributed by atoms with E-state index in [0.717, 1.165) is 17.4 Å². The molecule has 0 saturated heterocycles. The van der Waals surface area contributed by atoms with Gasteiger partial charge >= 0.3 is 0 Å². The zero-order valence-electron chi connectivity index (χ0n) is 10.0. The largest absolute Gasteiger partial charge is 0.464 e. The third-order valence-corrected chi connectivity index (χ3v) is 3.05. The molecule has 4 rings (SSSR count). The van der Waals surface area contributed by atoms with E-state index in [1.165, 1.54) is 11.1 Å². The maximum absolute atomic E-state index is 5.12. The number of fused-ring (bicyclic) bond motifs is 2. The number of para-hydroxylation sites is 1. The van der Waals surface area contributed by atoms with Crippen molar-refractivity contribution in [2.75, 3.05) is 0 Å². The number of furan rings is 1. The lowest BCUT2D eigenvalue weighted by Crippen LogP contribution is -1.76. The van der Waals surface area contributed by atoms with Crippen LogP contribution in [0.5, 0.6) is 0 Å². The number of hydrogen-bond acceptors (Lipinski definition) is 1. The molecule has 1 heterocycles. The summed E-state index contributed by atoms with van der Waals surface area (Å²) < 4.78 is 5.12. The second kappa shape index (κ2) is 4.92. The van der Waals surface area contributed by atoms with Crippen LogP contribution in [0.25, 0.3) is 17.0 Å². The van der Waals surface area contributed by atoms with Gasteiger partial charge in [0.1, 0.15) is 5.58 Å². The smallest absolute Gasteiger partial charge is 0.133 e. The van der Waals surface area contributed by atoms with Gasteiger partial charge in [-0.25, -0.2) is 0 Å². The van der Waals surface area contributed by atoms with Gasteiger partial charge in [0.15, 0.2) is 0 Å². The summed E-state index contributed by atoms with van der Waals surface area (Å²) >= 11 is 0. The first kappa shape index (κ1) is 10.8. The average Bonchev–Trinajstić information content (AvgIpc) is 3.08. The third kappa shape index (κ3) is 2.21. The highest BCUT2D eigenvalue weighted by Gasteiger charge is 2.00. The number of allylic oxidation sites excluding steroid dienone is 1. The van der Waals surface area contributed by atoms with Crippen LogP contribution in [0.3, 0.4) is 0 Å². The molecule has 1 nitrogen and oxygen atoms in total. The van der Waals surface area contributed by atoms with Crippen molar-refractivity contribution < 1.29 is 4.42 Å². The lowest BCUT2D eigenvalue weighted by atomic mass is 10.1. The molecule has 1 heteroatoms. The second-order valence-electron chi connectivity index (χ2n) is 4.26. The average molecular weight is 234 g/mol. The monoisotopic (exact) mass is 234 g/mol. The number of benzene rings is 2. The van der Waals surface area contributed by atoms with Gasteiger partial charge in [-0.1, -0.05) is 54.6 Å². The maximum Gasteiger partial charge on any atom is 0.133 e. The SMILES string of the molecule is C1=Cc2ccccc2C1.c1ccc2occc2c1. The van der Waals surface area contributed by atoms with E-state index in [-0.39, 0.29) is 0 Å². The molecule has 1 aliphatic rings. The second-order valence-corrected chi connectivity index (χ2v) is 4.26. The van der Waals surface area contributed by atoms with Crippen molar-refractivity contribution in [2.45, 2.75) is 6.42 Å². The molecule has 0 radical (unpaired) electrons. The molecular formula is C17H14O. The van der Waals surface area contributed by atoms with Crippen LogP contribution in [0.1, 0.15) is 11.1 Å². The minimum atomic E-state index is 0.956. The van der Waals surface area contributed by atoms with E-state index in [1.807, 2.05) is 30.3 Å². The number of rotatable bonds is 0. The summed E-state index contributed by atoms with van der Waals surface area (Å²) in [5.74, 6) is 0. The van der Waals surface area contributed by atoms with Gasteiger partial charge in [-0.15, -0.1) is 0 Å². The molecule has 0 N–H and O–H groups in total. The van der Waals surface area contributed by atoms with Crippen molar-refractivity contribution in [1.29, 1.82) is 0 Å². The Balaban J connectivity index is 0.000000111. The Hall–Kier alpha value is -2.28. The van der Waals surface area contributed by atoms with Crippen molar-refractivity contribution in [3.63, 3.8) is 0 Å². The third-order valence-electron chi connectivity index (χ3n) is 3.05. The summed E-state index contributed by atoms with van der Waals surface area (Å²) in [6.45, 7) is 0. The molecule has 18 heavy (non-hydrogen) atoms. The Morgan fingerprint density at radius 1 is 0.833 bits per heavy atom. The van der Waals surface area contributed by atoms with E-state index in [0.29, 0.717) is 0 Å². The zero-order valence-corrected chi connectivity index (χ0v) is 10.0. The quantitative estimate of drug-likeness (QED) is 0.550. The Morgan fingerprint density at radius 3 is 2.56 bits per heavy atom. The van der Waals surface area contributed by atoms with Crippen LogP contribution in [0.4, 0.5) is 0 Å². The summed E-state index contributed by atoms with van der Waals surface area (Å²) in [6.07, 6.45) is 7.20. The van der Waals surface area contributed by atoms with Gasteiger partial charge in [-0.3, -0.25) is 0 Å². The molecule has 1 aliphatic carbocycles. The normalized spacial score (nSPS) is 12.0. The van der Waals surface area contributed by atoms with Gasteiger partial charge in [0.25, 0.3) is 0 Å². The highest BCUT2D eigenvalue weighted by molar-refractivity contribution is 5.76. The van der Waals surface area contributed by atoms with Crippen LogP contribution in [0, 0.1) is 0 Å². The van der Waals surface area contributed by atoms with Gasteiger partial charge < -0.3 is 4.42 Å². The summed E-state index contributed by atoms with van der Waals surface area (Å²) in [6, 6.07) is 18.4. The first-order chi connectivity index (χ1) is 8.93. The maximum atomic E-state index is 5.12. The topological polar surface area (TPSA) is 13.1 Å². The fourth-order valence-corrected chi connectivity index (χ4v) is 2.10. The van der Waals surface area contributed by atoms with E-state index in [1.54, 1.807) is 6.26 Å². The van der Waals surface area contributed by atoms with Crippen molar-refractivity contribution in [2.24, 2.45) is 0 Å². The minimum absolute atomic E-state index is 0.956. The van der Waals surface area contributed by atoms with Crippen molar-refractivity contribution >= 4 is 17.0 Å². The molecule has 88 valence electrons. The molecular weight excluding hydrogens is 220 g/mol. The number of hydrogen-bond donors (Lipinski definition) is 0. The van der Waals surface area contributed by atoms with E-state index in [9.17, 15) is 0 Å². The predicted octanol–water partition coefficient (Wildman–Crippen LogP) is 4.69. The molecule has 0 unspecified atom stereocenters. The van der Waals surface area contributed by atoms with E-state index >= 15 is 0 Å². The molecule has 0 saturated carbocycles. The highest BCUT2D eigenvalue weighted by Crippen LogP contribution is 2.17. The molecule has 0 fully saturated rings. The van der Waals surface area contributed by atoms with Crippen LogP contribution in [0.2, 0.25) is 0 Å². The molecule has 0 atom stereocenters. The van der Waals surface area contributed by atoms with E-state index < -0.39 is 0 Å². The summed E-state index contributed by atoms with van der Waals surface area (Å²) in [4.78, 5) is 0. The zero-order chi connectivity index (χ0) is 12.2. The minimum Gasteiger partial charge on any atom is -0.464 e. The predicted molar refractivity (Wildman–Crippen MR) is 75.4 cm³/mol. The Kier molecular flexibility index (Phi) is 2.97. The van der Waals surface area contributed by atoms with E-state index in [2.05, 4.69) is 36.4 Å². The molecule has 0 aliphatic heterocycles. The highest BCUT2D eigenvalue weighted by atomic mass is 16.3. The van der Waals surface area contributed by atoms with Crippen LogP contribution >= 0.6 is 0 Å². The lowest BCUT2D eigenvalue weighted by Gasteiger charge is -1.93. The Morgan fingerprint density at radius 2 is 1.67 bits per heavy atom. The Labute approximate surface area is 106 Å². The van der Waals surface area contributed by atoms with Gasteiger partial charge in [-0.05, 0) is 29.7 Å². The molecule has 1 aromatic heterocycles. The van der Waals surface area contributed by atoms with Crippen LogP contribution < -0.4 is 0 Å². The van der Waals surface area contributed by atoms with E-state index in [4.69, 9.17) is 4.42 Å². The lowest BCUT2D eigenvalue weighted by molar-refractivity contribution is 0.616. The van der Waals surface area contributed by atoms with Gasteiger partial charge in [0.05, 0.1) is 6.26 Å². The fraction of sp³-hybridized carbons (Fsp3) is 0.0588. The standard InChI is InChI=1S/C9H8.C8H6O/c1-2-5-9-7-3-6-8(9)4-1;1-2-4-8-7(3-1)5-6-9-8/h1-6H,7H2;1-6H. The molecule has 0 amide bonds.